The number of aromatic carboxylic acids is 1. The third-order valence-corrected chi connectivity index (χ3v) is 4.63. The third-order valence-electron chi connectivity index (χ3n) is 4.63. The molecule has 1 atom stereocenters. The molecule has 7 nitrogen and oxygen atoms in total. The van der Waals surface area contributed by atoms with Crippen molar-refractivity contribution in [2.75, 3.05) is 20.2 Å². The zero-order valence-corrected chi connectivity index (χ0v) is 15.1. The minimum Gasteiger partial charge on any atom is -0.496 e. The Morgan fingerprint density at radius 1 is 1.19 bits per heavy atom. The second kappa shape index (κ2) is 7.49. The van der Waals surface area contributed by atoms with E-state index in [0.717, 1.165) is 5.56 Å². The van der Waals surface area contributed by atoms with Crippen molar-refractivity contribution in [2.24, 2.45) is 0 Å². The molecule has 2 aromatic rings. The van der Waals surface area contributed by atoms with E-state index in [1.165, 1.54) is 19.2 Å². The molecular formula is C20H20N2O5. The number of ether oxygens (including phenoxy) is 1. The number of carbonyl (C=O) groups excluding carboxylic acids is 2. The summed E-state index contributed by atoms with van der Waals surface area (Å²) in [6.07, 6.45) is 0. The largest absolute Gasteiger partial charge is 0.496 e. The van der Waals surface area contributed by atoms with Crippen molar-refractivity contribution in [3.63, 3.8) is 0 Å². The topological polar surface area (TPSA) is 95.9 Å². The lowest BCUT2D eigenvalue weighted by Gasteiger charge is -2.33. The quantitative estimate of drug-likeness (QED) is 0.861. The molecule has 0 bridgehead atoms. The second-order valence-corrected chi connectivity index (χ2v) is 6.27. The van der Waals surface area contributed by atoms with E-state index in [-0.39, 0.29) is 17.4 Å². The zero-order chi connectivity index (χ0) is 19.6. The van der Waals surface area contributed by atoms with Crippen LogP contribution >= 0.6 is 0 Å². The van der Waals surface area contributed by atoms with Crippen LogP contribution in [0.25, 0.3) is 11.1 Å². The van der Waals surface area contributed by atoms with E-state index < -0.39 is 12.0 Å². The van der Waals surface area contributed by atoms with Crippen LogP contribution in [0.5, 0.6) is 5.75 Å². The summed E-state index contributed by atoms with van der Waals surface area (Å²) >= 11 is 0. The molecule has 0 aromatic heterocycles. The summed E-state index contributed by atoms with van der Waals surface area (Å²) in [5.74, 6) is -1.02. The smallest absolute Gasteiger partial charge is 0.335 e. The number of piperazine rings is 1. The maximum atomic E-state index is 12.9. The van der Waals surface area contributed by atoms with Crippen LogP contribution in [-0.4, -0.2) is 54.0 Å². The van der Waals surface area contributed by atoms with Gasteiger partial charge >= 0.3 is 5.97 Å². The number of hydrogen-bond donors (Lipinski definition) is 2. The minimum atomic E-state index is -1.04. The molecule has 1 heterocycles. The van der Waals surface area contributed by atoms with Crippen LogP contribution in [0.4, 0.5) is 0 Å². The van der Waals surface area contributed by atoms with Crippen molar-refractivity contribution >= 4 is 17.8 Å². The Morgan fingerprint density at radius 2 is 1.96 bits per heavy atom. The Morgan fingerprint density at radius 3 is 2.67 bits per heavy atom. The molecule has 1 fully saturated rings. The minimum absolute atomic E-state index is 0.121. The van der Waals surface area contributed by atoms with E-state index >= 15 is 0 Å². The molecule has 1 aliphatic heterocycles. The number of carboxylic acid groups (broad SMARTS) is 1. The van der Waals surface area contributed by atoms with Gasteiger partial charge in [-0.2, -0.15) is 0 Å². The number of nitrogens with one attached hydrogen (secondary N) is 1. The van der Waals surface area contributed by atoms with Crippen LogP contribution in [-0.2, 0) is 4.79 Å². The van der Waals surface area contributed by atoms with E-state index in [9.17, 15) is 14.4 Å². The Hall–Kier alpha value is -3.35. The lowest BCUT2D eigenvalue weighted by Crippen LogP contribution is -2.55. The van der Waals surface area contributed by atoms with Crippen LogP contribution < -0.4 is 10.1 Å². The van der Waals surface area contributed by atoms with Crippen LogP contribution in [0.3, 0.4) is 0 Å². The van der Waals surface area contributed by atoms with Gasteiger partial charge in [-0.25, -0.2) is 4.79 Å². The van der Waals surface area contributed by atoms with Crippen LogP contribution in [0.2, 0.25) is 0 Å². The SMILES string of the molecule is COc1cc(C(=O)O)ccc1-c1cccc(C(=O)N2CCNC(=O)C2C)c1. The van der Waals surface area contributed by atoms with Crippen molar-refractivity contribution < 1.29 is 24.2 Å². The summed E-state index contributed by atoms with van der Waals surface area (Å²) in [5.41, 5.74) is 1.99. The molecule has 7 heteroatoms. The summed E-state index contributed by atoms with van der Waals surface area (Å²) in [6, 6.07) is 11.1. The van der Waals surface area contributed by atoms with Gasteiger partial charge in [0.05, 0.1) is 12.7 Å². The zero-order valence-electron chi connectivity index (χ0n) is 15.1. The molecule has 1 unspecified atom stereocenters. The number of carboxylic acids is 1. The number of benzene rings is 2. The molecule has 2 N–H and O–H groups in total. The number of hydrogen-bond acceptors (Lipinski definition) is 4. The summed E-state index contributed by atoms with van der Waals surface area (Å²) in [5, 5.41) is 11.9. The molecule has 2 amide bonds. The summed E-state index contributed by atoms with van der Waals surface area (Å²) in [7, 11) is 1.47. The highest BCUT2D eigenvalue weighted by atomic mass is 16.5. The standard InChI is InChI=1S/C20H20N2O5/c1-12-18(23)21-8-9-22(12)19(24)14-5-3-4-13(10-14)16-7-6-15(20(25)26)11-17(16)27-2/h3-7,10-12H,8-9H2,1-2H3,(H,21,23)(H,25,26). The van der Waals surface area contributed by atoms with Crippen LogP contribution in [0.1, 0.15) is 27.6 Å². The van der Waals surface area contributed by atoms with Gasteiger partial charge in [0, 0.05) is 24.2 Å². The molecule has 0 radical (unpaired) electrons. The van der Waals surface area contributed by atoms with E-state index in [1.54, 1.807) is 36.1 Å². The maximum Gasteiger partial charge on any atom is 0.335 e. The van der Waals surface area contributed by atoms with E-state index in [2.05, 4.69) is 5.32 Å². The summed E-state index contributed by atoms with van der Waals surface area (Å²) in [6.45, 7) is 2.58. The molecule has 0 aliphatic carbocycles. The van der Waals surface area contributed by atoms with Crippen LogP contribution in [0.15, 0.2) is 42.5 Å². The Kier molecular flexibility index (Phi) is 5.12. The highest BCUT2D eigenvalue weighted by Crippen LogP contribution is 2.31. The normalized spacial score (nSPS) is 16.6. The second-order valence-electron chi connectivity index (χ2n) is 6.27. The fraction of sp³-hybridized carbons (Fsp3) is 0.250. The van der Waals surface area contributed by atoms with Crippen molar-refractivity contribution in [1.82, 2.24) is 10.2 Å². The Balaban J connectivity index is 1.95. The van der Waals surface area contributed by atoms with Gasteiger partial charge in [-0.1, -0.05) is 12.1 Å². The van der Waals surface area contributed by atoms with Gasteiger partial charge in [0.15, 0.2) is 0 Å². The first-order chi connectivity index (χ1) is 12.9. The van der Waals surface area contributed by atoms with Gasteiger partial charge in [-0.15, -0.1) is 0 Å². The Labute approximate surface area is 156 Å². The average Bonchev–Trinajstić information content (AvgIpc) is 2.69. The summed E-state index contributed by atoms with van der Waals surface area (Å²) < 4.78 is 5.33. The first kappa shape index (κ1) is 18.4. The molecular weight excluding hydrogens is 348 g/mol. The fourth-order valence-corrected chi connectivity index (χ4v) is 3.11. The molecule has 3 rings (SSSR count). The molecule has 2 aromatic carbocycles. The molecule has 0 spiro atoms. The lowest BCUT2D eigenvalue weighted by molar-refractivity contribution is -0.127. The van der Waals surface area contributed by atoms with Gasteiger partial charge in [-0.05, 0) is 42.8 Å². The van der Waals surface area contributed by atoms with E-state index in [4.69, 9.17) is 9.84 Å². The van der Waals surface area contributed by atoms with Crippen molar-refractivity contribution in [3.05, 3.63) is 53.6 Å². The fourth-order valence-electron chi connectivity index (χ4n) is 3.11. The highest BCUT2D eigenvalue weighted by Gasteiger charge is 2.30. The highest BCUT2D eigenvalue weighted by molar-refractivity contribution is 5.99. The van der Waals surface area contributed by atoms with Crippen molar-refractivity contribution in [2.45, 2.75) is 13.0 Å². The predicted octanol–water partition coefficient (Wildman–Crippen LogP) is 2.02. The van der Waals surface area contributed by atoms with Gasteiger partial charge in [0.25, 0.3) is 5.91 Å². The van der Waals surface area contributed by atoms with E-state index in [0.29, 0.717) is 30.0 Å². The van der Waals surface area contributed by atoms with Gasteiger partial charge in [0.1, 0.15) is 11.8 Å². The lowest BCUT2D eigenvalue weighted by atomic mass is 9.99. The summed E-state index contributed by atoms with van der Waals surface area (Å²) in [4.78, 5) is 37.4. The number of methoxy groups -OCH3 is 1. The third kappa shape index (κ3) is 3.62. The Bertz CT molecular complexity index is 909. The first-order valence-electron chi connectivity index (χ1n) is 8.53. The molecule has 1 aliphatic rings. The number of nitrogens with zero attached hydrogens (tertiary/aromatic N) is 1. The molecule has 27 heavy (non-hydrogen) atoms. The average molecular weight is 368 g/mol. The first-order valence-corrected chi connectivity index (χ1v) is 8.53. The molecule has 0 saturated carbocycles. The van der Waals surface area contributed by atoms with Crippen molar-refractivity contribution in [1.29, 1.82) is 0 Å². The van der Waals surface area contributed by atoms with Gasteiger partial charge < -0.3 is 20.1 Å². The number of carbonyl (C=O) groups is 3. The predicted molar refractivity (Wildman–Crippen MR) is 98.9 cm³/mol. The van der Waals surface area contributed by atoms with Crippen molar-refractivity contribution in [3.8, 4) is 16.9 Å². The number of amides is 2. The number of rotatable bonds is 4. The monoisotopic (exact) mass is 368 g/mol. The molecule has 140 valence electrons. The molecule has 1 saturated heterocycles. The van der Waals surface area contributed by atoms with Crippen LogP contribution in [0, 0.1) is 0 Å². The maximum absolute atomic E-state index is 12.9. The van der Waals surface area contributed by atoms with E-state index in [1.807, 2.05) is 6.07 Å². The van der Waals surface area contributed by atoms with Gasteiger partial charge in [-0.3, -0.25) is 9.59 Å². The van der Waals surface area contributed by atoms with Gasteiger partial charge in [0.2, 0.25) is 5.91 Å².